The highest BCUT2D eigenvalue weighted by atomic mass is 16.5. The monoisotopic (exact) mass is 386 g/mol. The van der Waals surface area contributed by atoms with Crippen LogP contribution in [0.4, 0.5) is 5.69 Å². The molecule has 2 aromatic rings. The van der Waals surface area contributed by atoms with E-state index in [1.54, 1.807) is 0 Å². The Morgan fingerprint density at radius 1 is 1.10 bits per heavy atom. The number of hydrogen-bond acceptors (Lipinski definition) is 3. The molecule has 150 valence electrons. The molecule has 0 fully saturated rings. The summed E-state index contributed by atoms with van der Waals surface area (Å²) in [6.07, 6.45) is 4.19. The summed E-state index contributed by atoms with van der Waals surface area (Å²) in [7, 11) is 0. The van der Waals surface area contributed by atoms with Gasteiger partial charge in [0.05, 0.1) is 12.3 Å². The van der Waals surface area contributed by atoms with Crippen molar-refractivity contribution in [1.82, 2.24) is 0 Å². The standard InChI is InChI=1S/C26H30N2O/c1-5-7-21-15-27-26(25-17(2)8-6-9-18(25)3)23(21)16-29-22-12-13-24-20(14-22)11-10-19(4)28-24/h6,8-9,12-14,28H,4-5,7,10-11,15-16H2,1-3H3. The molecule has 0 radical (unpaired) electrons. The summed E-state index contributed by atoms with van der Waals surface area (Å²) < 4.78 is 6.30. The van der Waals surface area contributed by atoms with E-state index < -0.39 is 0 Å². The van der Waals surface area contributed by atoms with Crippen molar-refractivity contribution in [2.24, 2.45) is 4.99 Å². The molecular formula is C26H30N2O. The molecule has 2 aliphatic heterocycles. The first kappa shape index (κ1) is 19.5. The van der Waals surface area contributed by atoms with E-state index in [1.807, 2.05) is 0 Å². The van der Waals surface area contributed by atoms with Gasteiger partial charge in [0.1, 0.15) is 12.4 Å². The maximum atomic E-state index is 6.30. The molecule has 1 N–H and O–H groups in total. The van der Waals surface area contributed by atoms with Crippen LogP contribution in [0, 0.1) is 13.8 Å². The predicted molar refractivity (Wildman–Crippen MR) is 122 cm³/mol. The van der Waals surface area contributed by atoms with Crippen LogP contribution < -0.4 is 10.1 Å². The van der Waals surface area contributed by atoms with Gasteiger partial charge < -0.3 is 10.1 Å². The van der Waals surface area contributed by atoms with Gasteiger partial charge in [-0.05, 0) is 73.6 Å². The zero-order valence-corrected chi connectivity index (χ0v) is 17.8. The van der Waals surface area contributed by atoms with Crippen LogP contribution in [0.1, 0.15) is 48.4 Å². The van der Waals surface area contributed by atoms with Gasteiger partial charge in [-0.1, -0.05) is 38.1 Å². The van der Waals surface area contributed by atoms with Crippen LogP contribution in [0.25, 0.3) is 0 Å². The van der Waals surface area contributed by atoms with Crippen molar-refractivity contribution in [2.45, 2.75) is 46.5 Å². The van der Waals surface area contributed by atoms with Gasteiger partial charge in [-0.15, -0.1) is 0 Å². The van der Waals surface area contributed by atoms with E-state index in [-0.39, 0.29) is 0 Å². The zero-order valence-electron chi connectivity index (χ0n) is 17.8. The lowest BCUT2D eigenvalue weighted by Crippen LogP contribution is -2.15. The number of allylic oxidation sites excluding steroid dienone is 1. The van der Waals surface area contributed by atoms with Gasteiger partial charge in [-0.2, -0.15) is 0 Å². The third-order valence-electron chi connectivity index (χ3n) is 5.88. The van der Waals surface area contributed by atoms with Gasteiger partial charge >= 0.3 is 0 Å². The lowest BCUT2D eigenvalue weighted by atomic mass is 9.92. The molecule has 0 aromatic heterocycles. The molecule has 0 amide bonds. The summed E-state index contributed by atoms with van der Waals surface area (Å²) in [5.41, 5.74) is 11.2. The molecule has 3 heteroatoms. The summed E-state index contributed by atoms with van der Waals surface area (Å²) in [5.74, 6) is 0.925. The molecule has 3 nitrogen and oxygen atoms in total. The van der Waals surface area contributed by atoms with E-state index in [9.17, 15) is 0 Å². The molecule has 29 heavy (non-hydrogen) atoms. The maximum absolute atomic E-state index is 6.30. The van der Waals surface area contributed by atoms with E-state index in [4.69, 9.17) is 9.73 Å². The van der Waals surface area contributed by atoms with Crippen molar-refractivity contribution in [2.75, 3.05) is 18.5 Å². The summed E-state index contributed by atoms with van der Waals surface area (Å²) in [6.45, 7) is 12.0. The summed E-state index contributed by atoms with van der Waals surface area (Å²) in [6, 6.07) is 12.8. The Balaban J connectivity index is 1.59. The first-order valence-electron chi connectivity index (χ1n) is 10.6. The average Bonchev–Trinajstić information content (AvgIpc) is 3.09. The van der Waals surface area contributed by atoms with Crippen LogP contribution in [-0.4, -0.2) is 18.9 Å². The highest BCUT2D eigenvalue weighted by Crippen LogP contribution is 2.31. The Morgan fingerprint density at radius 3 is 2.66 bits per heavy atom. The largest absolute Gasteiger partial charge is 0.489 e. The van der Waals surface area contributed by atoms with Crippen molar-refractivity contribution in [1.29, 1.82) is 0 Å². The topological polar surface area (TPSA) is 33.6 Å². The molecule has 0 unspecified atom stereocenters. The van der Waals surface area contributed by atoms with Crippen LogP contribution in [0.5, 0.6) is 5.75 Å². The fourth-order valence-corrected chi connectivity index (χ4v) is 4.34. The lowest BCUT2D eigenvalue weighted by molar-refractivity contribution is 0.356. The number of nitrogens with one attached hydrogen (secondary N) is 1. The number of fused-ring (bicyclic) bond motifs is 1. The van der Waals surface area contributed by atoms with Crippen molar-refractivity contribution >= 4 is 11.4 Å². The van der Waals surface area contributed by atoms with Crippen molar-refractivity contribution < 1.29 is 4.74 Å². The molecular weight excluding hydrogens is 356 g/mol. The second-order valence-corrected chi connectivity index (χ2v) is 8.10. The smallest absolute Gasteiger partial charge is 0.120 e. The minimum atomic E-state index is 0.570. The average molecular weight is 387 g/mol. The lowest BCUT2D eigenvalue weighted by Gasteiger charge is -2.21. The van der Waals surface area contributed by atoms with E-state index in [1.165, 1.54) is 33.4 Å². The van der Waals surface area contributed by atoms with E-state index in [0.717, 1.165) is 55.1 Å². The molecule has 2 aliphatic rings. The predicted octanol–water partition coefficient (Wildman–Crippen LogP) is 6.15. The molecule has 0 saturated heterocycles. The van der Waals surface area contributed by atoms with Crippen LogP contribution in [0.15, 0.2) is 64.8 Å². The fourth-order valence-electron chi connectivity index (χ4n) is 4.34. The molecule has 0 saturated carbocycles. The number of ether oxygens (including phenoxy) is 1. The van der Waals surface area contributed by atoms with E-state index in [2.05, 4.69) is 69.1 Å². The van der Waals surface area contributed by atoms with Gasteiger partial charge in [0, 0.05) is 22.5 Å². The van der Waals surface area contributed by atoms with Crippen LogP contribution in [0.2, 0.25) is 0 Å². The molecule has 4 rings (SSSR count). The molecule has 2 heterocycles. The van der Waals surface area contributed by atoms with Crippen molar-refractivity contribution in [3.05, 3.63) is 82.1 Å². The Kier molecular flexibility index (Phi) is 5.57. The first-order valence-corrected chi connectivity index (χ1v) is 10.6. The maximum Gasteiger partial charge on any atom is 0.120 e. The fraction of sp³-hybridized carbons (Fsp3) is 0.346. The number of nitrogens with zero attached hydrogens (tertiary/aromatic N) is 1. The number of anilines is 1. The number of benzene rings is 2. The van der Waals surface area contributed by atoms with Crippen molar-refractivity contribution in [3.63, 3.8) is 0 Å². The van der Waals surface area contributed by atoms with Crippen LogP contribution in [0.3, 0.4) is 0 Å². The summed E-state index contributed by atoms with van der Waals surface area (Å²) in [4.78, 5) is 4.94. The van der Waals surface area contributed by atoms with Gasteiger partial charge in [0.2, 0.25) is 0 Å². The number of rotatable bonds is 6. The Bertz CT molecular complexity index is 993. The summed E-state index contributed by atoms with van der Waals surface area (Å²) in [5, 5.41) is 3.37. The number of hydrogen-bond donors (Lipinski definition) is 1. The third kappa shape index (κ3) is 4.00. The Labute approximate surface area is 174 Å². The minimum Gasteiger partial charge on any atom is -0.489 e. The quantitative estimate of drug-likeness (QED) is 0.645. The number of aryl methyl sites for hydroxylation is 3. The highest BCUT2D eigenvalue weighted by molar-refractivity contribution is 6.16. The van der Waals surface area contributed by atoms with Crippen LogP contribution >= 0.6 is 0 Å². The normalized spacial score (nSPS) is 15.8. The van der Waals surface area contributed by atoms with Gasteiger partial charge in [-0.25, -0.2) is 0 Å². The first-order chi connectivity index (χ1) is 14.1. The molecule has 0 aliphatic carbocycles. The molecule has 0 atom stereocenters. The molecule has 0 bridgehead atoms. The van der Waals surface area contributed by atoms with E-state index >= 15 is 0 Å². The molecule has 2 aromatic carbocycles. The third-order valence-corrected chi connectivity index (χ3v) is 5.88. The zero-order chi connectivity index (χ0) is 20.4. The SMILES string of the molecule is C=C1CCc2cc(OCC3=C(CCC)CN=C3c3c(C)cccc3C)ccc2N1. The summed E-state index contributed by atoms with van der Waals surface area (Å²) >= 11 is 0. The second-order valence-electron chi connectivity index (χ2n) is 8.10. The van der Waals surface area contributed by atoms with Crippen LogP contribution in [-0.2, 0) is 6.42 Å². The van der Waals surface area contributed by atoms with Gasteiger partial charge in [0.25, 0.3) is 0 Å². The van der Waals surface area contributed by atoms with E-state index in [0.29, 0.717) is 6.61 Å². The Hall–Kier alpha value is -2.81. The van der Waals surface area contributed by atoms with Gasteiger partial charge in [0.15, 0.2) is 0 Å². The second kappa shape index (κ2) is 8.28. The minimum absolute atomic E-state index is 0.570. The Morgan fingerprint density at radius 2 is 1.90 bits per heavy atom. The van der Waals surface area contributed by atoms with Gasteiger partial charge in [-0.3, -0.25) is 4.99 Å². The van der Waals surface area contributed by atoms with Crippen molar-refractivity contribution in [3.8, 4) is 5.75 Å². The molecule has 0 spiro atoms. The highest BCUT2D eigenvalue weighted by Gasteiger charge is 2.23. The number of aliphatic imine (C=N–C) groups is 1.